The Balaban J connectivity index is 2.38. The summed E-state index contributed by atoms with van der Waals surface area (Å²) in [6, 6.07) is 8.45. The van der Waals surface area contributed by atoms with Gasteiger partial charge in [0.15, 0.2) is 0 Å². The van der Waals surface area contributed by atoms with E-state index in [1.807, 2.05) is 0 Å². The molecule has 0 saturated carbocycles. The van der Waals surface area contributed by atoms with Crippen LogP contribution in [0.1, 0.15) is 25.3 Å². The molecular formula is C14H20Br2O. The van der Waals surface area contributed by atoms with Crippen LogP contribution < -0.4 is 0 Å². The van der Waals surface area contributed by atoms with Crippen molar-refractivity contribution in [3.8, 4) is 0 Å². The third-order valence-corrected chi connectivity index (χ3v) is 4.39. The lowest BCUT2D eigenvalue weighted by atomic mass is 9.98. The molecule has 3 heteroatoms. The number of alkyl halides is 1. The molecule has 0 N–H and O–H groups in total. The van der Waals surface area contributed by atoms with Gasteiger partial charge in [-0.3, -0.25) is 0 Å². The minimum absolute atomic E-state index is 0.644. The molecule has 0 aliphatic rings. The minimum atomic E-state index is 0.644. The Bertz CT molecular complexity index is 315. The number of benzene rings is 1. The highest BCUT2D eigenvalue weighted by atomic mass is 79.9. The highest BCUT2D eigenvalue weighted by molar-refractivity contribution is 9.10. The van der Waals surface area contributed by atoms with E-state index in [4.69, 9.17) is 4.74 Å². The van der Waals surface area contributed by atoms with E-state index < -0.39 is 0 Å². The van der Waals surface area contributed by atoms with Gasteiger partial charge in [-0.25, -0.2) is 0 Å². The largest absolute Gasteiger partial charge is 0.381 e. The van der Waals surface area contributed by atoms with Crippen LogP contribution in [0.2, 0.25) is 0 Å². The lowest BCUT2D eigenvalue weighted by molar-refractivity contribution is 0.123. The molecule has 0 saturated heterocycles. The Kier molecular flexibility index (Phi) is 8.15. The molecule has 1 aromatic carbocycles. The SMILES string of the molecule is CCCOCCC(CBr)Cc1ccccc1Br. The first kappa shape index (κ1) is 15.2. The van der Waals surface area contributed by atoms with E-state index in [9.17, 15) is 0 Å². The fraction of sp³-hybridized carbons (Fsp3) is 0.571. The third-order valence-electron chi connectivity index (χ3n) is 2.70. The second-order valence-electron chi connectivity index (χ2n) is 4.22. The van der Waals surface area contributed by atoms with Crippen LogP contribution >= 0.6 is 31.9 Å². The molecule has 1 atom stereocenters. The van der Waals surface area contributed by atoms with Crippen LogP contribution in [0.4, 0.5) is 0 Å². The fourth-order valence-corrected chi connectivity index (χ4v) is 2.70. The quantitative estimate of drug-likeness (QED) is 0.475. The molecule has 1 unspecified atom stereocenters. The standard InChI is InChI=1S/C14H20Br2O/c1-2-8-17-9-7-12(11-15)10-13-5-3-4-6-14(13)16/h3-6,12H,2,7-11H2,1H3. The lowest BCUT2D eigenvalue weighted by Gasteiger charge is -2.15. The maximum atomic E-state index is 5.55. The molecule has 0 radical (unpaired) electrons. The van der Waals surface area contributed by atoms with E-state index in [0.717, 1.165) is 37.8 Å². The molecule has 0 aliphatic carbocycles. The zero-order valence-electron chi connectivity index (χ0n) is 10.3. The summed E-state index contributed by atoms with van der Waals surface area (Å²) in [5, 5.41) is 1.03. The molecule has 1 aromatic rings. The molecule has 0 spiro atoms. The Morgan fingerprint density at radius 1 is 1.24 bits per heavy atom. The molecule has 0 bridgehead atoms. The first-order valence-electron chi connectivity index (χ1n) is 6.15. The van der Waals surface area contributed by atoms with Crippen molar-refractivity contribution in [3.63, 3.8) is 0 Å². The maximum Gasteiger partial charge on any atom is 0.0469 e. The van der Waals surface area contributed by atoms with Crippen LogP contribution in [0.5, 0.6) is 0 Å². The van der Waals surface area contributed by atoms with Crippen molar-refractivity contribution in [1.82, 2.24) is 0 Å². The molecule has 0 aromatic heterocycles. The van der Waals surface area contributed by atoms with Gasteiger partial charge in [0.1, 0.15) is 0 Å². The van der Waals surface area contributed by atoms with E-state index in [0.29, 0.717) is 5.92 Å². The van der Waals surface area contributed by atoms with Gasteiger partial charge < -0.3 is 4.74 Å². The van der Waals surface area contributed by atoms with Crippen molar-refractivity contribution < 1.29 is 4.74 Å². The molecule has 0 heterocycles. The van der Waals surface area contributed by atoms with Crippen molar-refractivity contribution in [2.75, 3.05) is 18.5 Å². The summed E-state index contributed by atoms with van der Waals surface area (Å²) in [6.45, 7) is 3.89. The van der Waals surface area contributed by atoms with Gasteiger partial charge in [0.05, 0.1) is 0 Å². The number of rotatable bonds is 8. The van der Waals surface area contributed by atoms with Gasteiger partial charge in [-0.15, -0.1) is 0 Å². The van der Waals surface area contributed by atoms with Gasteiger partial charge in [-0.05, 0) is 36.8 Å². The Labute approximate surface area is 121 Å². The third kappa shape index (κ3) is 6.03. The normalized spacial score (nSPS) is 12.6. The Morgan fingerprint density at radius 2 is 2.00 bits per heavy atom. The van der Waals surface area contributed by atoms with Crippen molar-refractivity contribution in [2.45, 2.75) is 26.2 Å². The van der Waals surface area contributed by atoms with Crippen LogP contribution in [0, 0.1) is 5.92 Å². The van der Waals surface area contributed by atoms with E-state index in [2.05, 4.69) is 63.0 Å². The average molecular weight is 364 g/mol. The van der Waals surface area contributed by atoms with Gasteiger partial charge in [-0.2, -0.15) is 0 Å². The monoisotopic (exact) mass is 362 g/mol. The number of ether oxygens (including phenoxy) is 1. The maximum absolute atomic E-state index is 5.55. The average Bonchev–Trinajstić information content (AvgIpc) is 2.35. The van der Waals surface area contributed by atoms with Crippen molar-refractivity contribution in [3.05, 3.63) is 34.3 Å². The summed E-state index contributed by atoms with van der Waals surface area (Å²) in [5.74, 6) is 0.644. The molecule has 0 aliphatic heterocycles. The number of halogens is 2. The molecule has 0 fully saturated rings. The summed E-state index contributed by atoms with van der Waals surface area (Å²) < 4.78 is 6.76. The Hall–Kier alpha value is 0.140. The van der Waals surface area contributed by atoms with Crippen LogP contribution in [-0.4, -0.2) is 18.5 Å². The van der Waals surface area contributed by atoms with Gasteiger partial charge >= 0.3 is 0 Å². The summed E-state index contributed by atoms with van der Waals surface area (Å²) in [4.78, 5) is 0. The van der Waals surface area contributed by atoms with Crippen LogP contribution in [0.15, 0.2) is 28.7 Å². The molecule has 0 amide bonds. The highest BCUT2D eigenvalue weighted by Gasteiger charge is 2.10. The Morgan fingerprint density at radius 3 is 2.65 bits per heavy atom. The van der Waals surface area contributed by atoms with Crippen LogP contribution in [0.25, 0.3) is 0 Å². The summed E-state index contributed by atoms with van der Waals surface area (Å²) in [5.41, 5.74) is 1.38. The first-order chi connectivity index (χ1) is 8.27. The fourth-order valence-electron chi connectivity index (χ4n) is 1.71. The van der Waals surface area contributed by atoms with Gasteiger partial charge in [0.25, 0.3) is 0 Å². The predicted octanol–water partition coefficient (Wildman–Crippen LogP) is 4.82. The first-order valence-corrected chi connectivity index (χ1v) is 8.06. The minimum Gasteiger partial charge on any atom is -0.381 e. The van der Waals surface area contributed by atoms with Crippen LogP contribution in [-0.2, 0) is 11.2 Å². The van der Waals surface area contributed by atoms with E-state index in [1.165, 1.54) is 10.0 Å². The molecule has 96 valence electrons. The van der Waals surface area contributed by atoms with Gasteiger partial charge in [0, 0.05) is 23.0 Å². The summed E-state index contributed by atoms with van der Waals surface area (Å²) in [6.07, 6.45) is 3.32. The molecule has 1 rings (SSSR count). The number of hydrogen-bond donors (Lipinski definition) is 0. The van der Waals surface area contributed by atoms with Crippen molar-refractivity contribution in [1.29, 1.82) is 0 Å². The lowest BCUT2D eigenvalue weighted by Crippen LogP contribution is -2.10. The molecular weight excluding hydrogens is 344 g/mol. The highest BCUT2D eigenvalue weighted by Crippen LogP contribution is 2.22. The molecule has 17 heavy (non-hydrogen) atoms. The smallest absolute Gasteiger partial charge is 0.0469 e. The molecule has 1 nitrogen and oxygen atoms in total. The number of hydrogen-bond acceptors (Lipinski definition) is 1. The predicted molar refractivity (Wildman–Crippen MR) is 80.9 cm³/mol. The topological polar surface area (TPSA) is 9.23 Å². The summed E-state index contributed by atoms with van der Waals surface area (Å²) >= 11 is 7.20. The van der Waals surface area contributed by atoms with Gasteiger partial charge in [-0.1, -0.05) is 57.0 Å². The van der Waals surface area contributed by atoms with E-state index in [1.54, 1.807) is 0 Å². The van der Waals surface area contributed by atoms with E-state index >= 15 is 0 Å². The zero-order valence-corrected chi connectivity index (χ0v) is 13.5. The van der Waals surface area contributed by atoms with E-state index in [-0.39, 0.29) is 0 Å². The zero-order chi connectivity index (χ0) is 12.5. The van der Waals surface area contributed by atoms with Crippen LogP contribution in [0.3, 0.4) is 0 Å². The van der Waals surface area contributed by atoms with Crippen molar-refractivity contribution in [2.24, 2.45) is 5.92 Å². The second kappa shape index (κ2) is 9.12. The van der Waals surface area contributed by atoms with Crippen molar-refractivity contribution >= 4 is 31.9 Å². The van der Waals surface area contributed by atoms with Gasteiger partial charge in [0.2, 0.25) is 0 Å². The summed E-state index contributed by atoms with van der Waals surface area (Å²) in [7, 11) is 0. The second-order valence-corrected chi connectivity index (χ2v) is 5.72.